The van der Waals surface area contributed by atoms with Gasteiger partial charge in [0.05, 0.1) is 10.7 Å². The molecule has 0 aliphatic carbocycles. The van der Waals surface area contributed by atoms with Gasteiger partial charge in [-0.25, -0.2) is 9.97 Å². The monoisotopic (exact) mass is 253 g/mol. The summed E-state index contributed by atoms with van der Waals surface area (Å²) in [5.74, 6) is 0.616. The molecule has 0 fully saturated rings. The number of aromatic nitrogens is 2. The molecule has 2 rings (SSSR count). The van der Waals surface area contributed by atoms with Crippen molar-refractivity contribution >= 4 is 34.7 Å². The maximum atomic E-state index is 6.08. The summed E-state index contributed by atoms with van der Waals surface area (Å²) in [5, 5.41) is 3.92. The lowest BCUT2D eigenvalue weighted by Gasteiger charge is -2.07. The van der Waals surface area contributed by atoms with Crippen LogP contribution in [-0.2, 0) is 0 Å². The van der Waals surface area contributed by atoms with Gasteiger partial charge in [-0.2, -0.15) is 0 Å². The molecule has 2 aromatic rings. The van der Waals surface area contributed by atoms with Crippen LogP contribution in [0.25, 0.3) is 0 Å². The first kappa shape index (κ1) is 11.2. The van der Waals surface area contributed by atoms with Crippen LogP contribution in [0.1, 0.15) is 5.56 Å². The predicted molar refractivity (Wildman–Crippen MR) is 66.5 cm³/mol. The second kappa shape index (κ2) is 4.68. The number of rotatable bonds is 2. The number of benzene rings is 1. The molecule has 5 heteroatoms. The molecule has 1 aromatic heterocycles. The van der Waals surface area contributed by atoms with E-state index in [4.69, 9.17) is 23.2 Å². The Balaban J connectivity index is 2.27. The van der Waals surface area contributed by atoms with E-state index in [2.05, 4.69) is 15.3 Å². The molecule has 3 nitrogen and oxygen atoms in total. The van der Waals surface area contributed by atoms with E-state index in [-0.39, 0.29) is 5.28 Å². The van der Waals surface area contributed by atoms with Crippen molar-refractivity contribution in [2.75, 3.05) is 5.32 Å². The van der Waals surface area contributed by atoms with Gasteiger partial charge in [-0.1, -0.05) is 17.7 Å². The summed E-state index contributed by atoms with van der Waals surface area (Å²) < 4.78 is 0. The molecular formula is C11H9Cl2N3. The Morgan fingerprint density at radius 2 is 2.00 bits per heavy atom. The molecular weight excluding hydrogens is 245 g/mol. The van der Waals surface area contributed by atoms with E-state index in [1.807, 2.05) is 25.1 Å². The quantitative estimate of drug-likeness (QED) is 0.827. The van der Waals surface area contributed by atoms with E-state index in [1.54, 1.807) is 12.3 Å². The zero-order chi connectivity index (χ0) is 11.5. The molecule has 0 aliphatic rings. The topological polar surface area (TPSA) is 37.8 Å². The molecule has 82 valence electrons. The first-order chi connectivity index (χ1) is 7.65. The molecule has 0 aliphatic heterocycles. The zero-order valence-corrected chi connectivity index (χ0v) is 10.0. The summed E-state index contributed by atoms with van der Waals surface area (Å²) in [7, 11) is 0. The number of halogens is 2. The minimum absolute atomic E-state index is 0.202. The van der Waals surface area contributed by atoms with Crippen LogP contribution in [0.5, 0.6) is 0 Å². The molecule has 0 amide bonds. The van der Waals surface area contributed by atoms with Crippen LogP contribution in [0.4, 0.5) is 11.5 Å². The minimum atomic E-state index is 0.202. The summed E-state index contributed by atoms with van der Waals surface area (Å²) in [6.07, 6.45) is 1.58. The number of anilines is 2. The highest BCUT2D eigenvalue weighted by Gasteiger charge is 2.02. The number of hydrogen-bond donors (Lipinski definition) is 1. The molecule has 0 atom stereocenters. The smallest absolute Gasteiger partial charge is 0.224 e. The highest BCUT2D eigenvalue weighted by Crippen LogP contribution is 2.25. The highest BCUT2D eigenvalue weighted by molar-refractivity contribution is 6.33. The third-order valence-electron chi connectivity index (χ3n) is 2.01. The van der Waals surface area contributed by atoms with Crippen molar-refractivity contribution in [3.8, 4) is 0 Å². The maximum Gasteiger partial charge on any atom is 0.224 e. The predicted octanol–water partition coefficient (Wildman–Crippen LogP) is 3.84. The molecule has 0 unspecified atom stereocenters. The van der Waals surface area contributed by atoms with E-state index in [9.17, 15) is 0 Å². The molecule has 1 N–H and O–H groups in total. The summed E-state index contributed by atoms with van der Waals surface area (Å²) in [5.41, 5.74) is 1.90. The molecule has 0 bridgehead atoms. The molecule has 0 saturated carbocycles. The van der Waals surface area contributed by atoms with Gasteiger partial charge in [0.15, 0.2) is 0 Å². The van der Waals surface area contributed by atoms with Crippen LogP contribution >= 0.6 is 23.2 Å². The Bertz CT molecular complexity index is 514. The molecule has 1 aromatic carbocycles. The average Bonchev–Trinajstić information content (AvgIpc) is 2.22. The Labute approximate surface area is 103 Å². The summed E-state index contributed by atoms with van der Waals surface area (Å²) >= 11 is 11.8. The van der Waals surface area contributed by atoms with Crippen LogP contribution in [0, 0.1) is 6.92 Å². The lowest BCUT2D eigenvalue weighted by Crippen LogP contribution is -1.95. The minimum Gasteiger partial charge on any atom is -0.339 e. The number of aryl methyl sites for hydroxylation is 1. The van der Waals surface area contributed by atoms with Crippen molar-refractivity contribution in [2.24, 2.45) is 0 Å². The lowest BCUT2D eigenvalue weighted by molar-refractivity contribution is 1.17. The standard InChI is InChI=1S/C11H9Cl2N3/c1-7-2-3-9(8(12)6-7)15-10-4-5-14-11(13)16-10/h2-6H,1H3,(H,14,15,16). The van der Waals surface area contributed by atoms with Gasteiger partial charge in [0, 0.05) is 6.20 Å². The van der Waals surface area contributed by atoms with Crippen LogP contribution in [0.2, 0.25) is 10.3 Å². The van der Waals surface area contributed by atoms with Crippen molar-refractivity contribution in [1.82, 2.24) is 9.97 Å². The lowest BCUT2D eigenvalue weighted by atomic mass is 10.2. The fourth-order valence-electron chi connectivity index (χ4n) is 1.26. The van der Waals surface area contributed by atoms with Gasteiger partial charge in [-0.15, -0.1) is 0 Å². The molecule has 1 heterocycles. The van der Waals surface area contributed by atoms with Gasteiger partial charge >= 0.3 is 0 Å². The van der Waals surface area contributed by atoms with E-state index < -0.39 is 0 Å². The molecule has 0 spiro atoms. The zero-order valence-electron chi connectivity index (χ0n) is 8.54. The first-order valence-electron chi connectivity index (χ1n) is 4.67. The van der Waals surface area contributed by atoms with Crippen molar-refractivity contribution < 1.29 is 0 Å². The fourth-order valence-corrected chi connectivity index (χ4v) is 1.69. The molecule has 16 heavy (non-hydrogen) atoms. The summed E-state index contributed by atoms with van der Waals surface area (Å²) in [6.45, 7) is 1.98. The van der Waals surface area contributed by atoms with Crippen LogP contribution in [-0.4, -0.2) is 9.97 Å². The summed E-state index contributed by atoms with van der Waals surface area (Å²) in [4.78, 5) is 7.82. The number of hydrogen-bond acceptors (Lipinski definition) is 3. The van der Waals surface area contributed by atoms with Crippen LogP contribution in [0.15, 0.2) is 30.5 Å². The molecule has 0 radical (unpaired) electrons. The largest absolute Gasteiger partial charge is 0.339 e. The normalized spacial score (nSPS) is 10.2. The van der Waals surface area contributed by atoms with Crippen molar-refractivity contribution in [3.05, 3.63) is 46.3 Å². The number of nitrogens with zero attached hydrogens (tertiary/aromatic N) is 2. The van der Waals surface area contributed by atoms with Crippen molar-refractivity contribution in [2.45, 2.75) is 6.92 Å². The van der Waals surface area contributed by atoms with Gasteiger partial charge in [0.1, 0.15) is 5.82 Å². The fraction of sp³-hybridized carbons (Fsp3) is 0.0909. The van der Waals surface area contributed by atoms with Gasteiger partial charge in [0.2, 0.25) is 5.28 Å². The van der Waals surface area contributed by atoms with E-state index in [0.717, 1.165) is 11.3 Å². The Morgan fingerprint density at radius 3 is 2.69 bits per heavy atom. The Morgan fingerprint density at radius 1 is 1.19 bits per heavy atom. The molecule has 0 saturated heterocycles. The SMILES string of the molecule is Cc1ccc(Nc2ccnc(Cl)n2)c(Cl)c1. The van der Waals surface area contributed by atoms with Gasteiger partial charge in [-0.3, -0.25) is 0 Å². The second-order valence-corrected chi connectivity index (χ2v) is 4.06. The second-order valence-electron chi connectivity index (χ2n) is 3.32. The van der Waals surface area contributed by atoms with Gasteiger partial charge in [0.25, 0.3) is 0 Å². The maximum absolute atomic E-state index is 6.08. The van der Waals surface area contributed by atoms with Gasteiger partial charge < -0.3 is 5.32 Å². The van der Waals surface area contributed by atoms with E-state index in [0.29, 0.717) is 10.8 Å². The van der Waals surface area contributed by atoms with Crippen LogP contribution < -0.4 is 5.32 Å². The number of nitrogens with one attached hydrogen (secondary N) is 1. The Kier molecular flexibility index (Phi) is 3.27. The average molecular weight is 254 g/mol. The van der Waals surface area contributed by atoms with E-state index >= 15 is 0 Å². The third-order valence-corrected chi connectivity index (χ3v) is 2.51. The summed E-state index contributed by atoms with van der Waals surface area (Å²) in [6, 6.07) is 7.47. The van der Waals surface area contributed by atoms with E-state index in [1.165, 1.54) is 0 Å². The van der Waals surface area contributed by atoms with Crippen molar-refractivity contribution in [1.29, 1.82) is 0 Å². The van der Waals surface area contributed by atoms with Gasteiger partial charge in [-0.05, 0) is 42.3 Å². The highest BCUT2D eigenvalue weighted by atomic mass is 35.5. The first-order valence-corrected chi connectivity index (χ1v) is 5.42. The van der Waals surface area contributed by atoms with Crippen LogP contribution in [0.3, 0.4) is 0 Å². The Hall–Kier alpha value is -1.32. The van der Waals surface area contributed by atoms with Crippen molar-refractivity contribution in [3.63, 3.8) is 0 Å². The third kappa shape index (κ3) is 2.62.